The lowest BCUT2D eigenvalue weighted by Gasteiger charge is -2.23. The number of ketones is 1. The number of ether oxygens (including phenoxy) is 1. The summed E-state index contributed by atoms with van der Waals surface area (Å²) in [6, 6.07) is 10.6. The smallest absolute Gasteiger partial charge is 0.243 e. The van der Waals surface area contributed by atoms with E-state index in [9.17, 15) is 18.0 Å². The van der Waals surface area contributed by atoms with E-state index in [0.717, 1.165) is 17.4 Å². The predicted octanol–water partition coefficient (Wildman–Crippen LogP) is 4.42. The number of aryl methyl sites for hydroxylation is 3. The van der Waals surface area contributed by atoms with Crippen molar-refractivity contribution in [1.29, 1.82) is 0 Å². The fraction of sp³-hybridized carbons (Fsp3) is 0.562. The molecule has 9 nitrogen and oxygen atoms in total. The van der Waals surface area contributed by atoms with E-state index in [4.69, 9.17) is 4.74 Å². The maximum absolute atomic E-state index is 12.6. The van der Waals surface area contributed by atoms with Gasteiger partial charge >= 0.3 is 0 Å². The molecular formula is C32H50N4O5S. The van der Waals surface area contributed by atoms with Crippen molar-refractivity contribution in [3.8, 4) is 5.75 Å². The van der Waals surface area contributed by atoms with Crippen LogP contribution in [-0.4, -0.2) is 95.2 Å². The van der Waals surface area contributed by atoms with Crippen LogP contribution in [0.25, 0.3) is 0 Å². The molecule has 0 radical (unpaired) electrons. The molecule has 1 aliphatic heterocycles. The maximum Gasteiger partial charge on any atom is 0.243 e. The zero-order chi connectivity index (χ0) is 31.8. The molecule has 2 aromatic carbocycles. The Balaban J connectivity index is 0.000000293. The molecule has 234 valence electrons. The molecule has 42 heavy (non-hydrogen) atoms. The third-order valence-electron chi connectivity index (χ3n) is 7.80. The van der Waals surface area contributed by atoms with Crippen LogP contribution in [-0.2, 0) is 26.2 Å². The number of amides is 1. The Morgan fingerprint density at radius 3 is 2.10 bits per heavy atom. The third-order valence-corrected chi connectivity index (χ3v) is 9.91. The Morgan fingerprint density at radius 2 is 1.62 bits per heavy atom. The molecular weight excluding hydrogens is 552 g/mol. The van der Waals surface area contributed by atoms with Gasteiger partial charge in [-0.05, 0) is 94.2 Å². The van der Waals surface area contributed by atoms with E-state index in [1.54, 1.807) is 37.8 Å². The van der Waals surface area contributed by atoms with Crippen molar-refractivity contribution in [3.63, 3.8) is 0 Å². The second-order valence-electron chi connectivity index (χ2n) is 11.5. The summed E-state index contributed by atoms with van der Waals surface area (Å²) in [4.78, 5) is 29.8. The highest BCUT2D eigenvalue weighted by molar-refractivity contribution is 7.89. The van der Waals surface area contributed by atoms with E-state index in [2.05, 4.69) is 49.0 Å². The van der Waals surface area contributed by atoms with Crippen LogP contribution in [0, 0.1) is 20.8 Å². The highest BCUT2D eigenvalue weighted by atomic mass is 32.2. The number of Topliss-reactive ketones (excluding diaryl/α,β-unsaturated/α-hetero) is 1. The minimum absolute atomic E-state index is 0.0765. The molecule has 10 heteroatoms. The first kappa shape index (κ1) is 35.2. The van der Waals surface area contributed by atoms with Crippen molar-refractivity contribution < 1.29 is 22.7 Å². The van der Waals surface area contributed by atoms with Crippen LogP contribution in [0.4, 0.5) is 5.69 Å². The lowest BCUT2D eigenvalue weighted by atomic mass is 10.1. The van der Waals surface area contributed by atoms with Crippen molar-refractivity contribution in [1.82, 2.24) is 14.1 Å². The second-order valence-corrected chi connectivity index (χ2v) is 13.5. The van der Waals surface area contributed by atoms with Gasteiger partial charge in [0.1, 0.15) is 11.5 Å². The number of carbonyl (C=O) groups is 2. The van der Waals surface area contributed by atoms with Gasteiger partial charge in [0.15, 0.2) is 0 Å². The van der Waals surface area contributed by atoms with Crippen LogP contribution in [0.1, 0.15) is 55.4 Å². The molecule has 0 saturated carbocycles. The van der Waals surface area contributed by atoms with E-state index in [0.29, 0.717) is 42.3 Å². The Hall–Kier alpha value is -2.95. The largest absolute Gasteiger partial charge is 0.497 e. The monoisotopic (exact) mass is 602 g/mol. The van der Waals surface area contributed by atoms with Gasteiger partial charge < -0.3 is 19.4 Å². The average molecular weight is 603 g/mol. The Labute approximate surface area is 253 Å². The Morgan fingerprint density at radius 1 is 1.00 bits per heavy atom. The van der Waals surface area contributed by atoms with Gasteiger partial charge in [-0.1, -0.05) is 13.0 Å². The van der Waals surface area contributed by atoms with E-state index in [1.807, 2.05) is 14.0 Å². The Bertz CT molecular complexity index is 1320. The minimum Gasteiger partial charge on any atom is -0.497 e. The fourth-order valence-electron chi connectivity index (χ4n) is 5.10. The van der Waals surface area contributed by atoms with Gasteiger partial charge in [0, 0.05) is 58.8 Å². The number of benzene rings is 2. The van der Waals surface area contributed by atoms with Gasteiger partial charge in [0.2, 0.25) is 15.9 Å². The molecule has 3 rings (SSSR count). The zero-order valence-corrected chi connectivity index (χ0v) is 28.0. The van der Waals surface area contributed by atoms with Gasteiger partial charge in [-0.2, -0.15) is 4.31 Å². The first-order valence-corrected chi connectivity index (χ1v) is 15.9. The number of methoxy groups -OCH3 is 1. The lowest BCUT2D eigenvalue weighted by molar-refractivity contribution is -0.128. The summed E-state index contributed by atoms with van der Waals surface area (Å²) >= 11 is 0. The minimum atomic E-state index is -3.68. The number of likely N-dealkylation sites (N-methyl/N-ethyl adjacent to an activating group) is 2. The molecule has 0 bridgehead atoms. The standard InChI is InChI=1S/C17H27N3O.C15H23NO4S/c1-13-10-16(20-9-8-17(12-20)18(3)4)7-6-15(13)11-19(5)14(2)21;1-6-7-13(17)10-16(4)21(18,19)15-11(2)8-14(20-5)9-12(15)3/h6-7,10,17H,8-9,11-12H2,1-5H3;8-9H,6-7,10H2,1-5H3. The molecule has 1 fully saturated rings. The van der Waals surface area contributed by atoms with Gasteiger partial charge in [-0.3, -0.25) is 9.59 Å². The normalized spacial score (nSPS) is 15.0. The molecule has 2 aromatic rings. The summed E-state index contributed by atoms with van der Waals surface area (Å²) in [6.45, 7) is 11.9. The first-order chi connectivity index (χ1) is 19.6. The van der Waals surface area contributed by atoms with E-state index < -0.39 is 10.0 Å². The van der Waals surface area contributed by atoms with Crippen LogP contribution in [0.5, 0.6) is 5.75 Å². The predicted molar refractivity (Wildman–Crippen MR) is 170 cm³/mol. The molecule has 0 N–H and O–H groups in total. The van der Waals surface area contributed by atoms with Gasteiger partial charge in [-0.25, -0.2) is 8.42 Å². The number of carbonyl (C=O) groups excluding carboxylic acids is 2. The van der Waals surface area contributed by atoms with Crippen LogP contribution in [0.15, 0.2) is 35.2 Å². The van der Waals surface area contributed by atoms with Crippen molar-refractivity contribution in [2.24, 2.45) is 0 Å². The second kappa shape index (κ2) is 15.5. The van der Waals surface area contributed by atoms with E-state index in [-0.39, 0.29) is 23.1 Å². The first-order valence-electron chi connectivity index (χ1n) is 14.5. The summed E-state index contributed by atoms with van der Waals surface area (Å²) in [6.07, 6.45) is 2.33. The zero-order valence-electron chi connectivity index (χ0n) is 27.2. The summed E-state index contributed by atoms with van der Waals surface area (Å²) in [5, 5.41) is 0. The molecule has 1 saturated heterocycles. The van der Waals surface area contributed by atoms with Crippen LogP contribution >= 0.6 is 0 Å². The quantitative estimate of drug-likeness (QED) is 0.376. The van der Waals surface area contributed by atoms with Crippen LogP contribution in [0.3, 0.4) is 0 Å². The SMILES string of the molecule is CC(=O)N(C)Cc1ccc(N2CCC(N(C)C)C2)cc1C.CCCC(=O)CN(C)S(=O)(=O)c1c(C)cc(OC)cc1C. The Kier molecular flexibility index (Phi) is 13.0. The topological polar surface area (TPSA) is 90.5 Å². The number of hydrogen-bond donors (Lipinski definition) is 0. The molecule has 1 unspecified atom stereocenters. The van der Waals surface area contributed by atoms with Gasteiger partial charge in [-0.15, -0.1) is 0 Å². The lowest BCUT2D eigenvalue weighted by Crippen LogP contribution is -2.33. The van der Waals surface area contributed by atoms with Crippen LogP contribution < -0.4 is 9.64 Å². The van der Waals surface area contributed by atoms with Crippen molar-refractivity contribution >= 4 is 27.4 Å². The molecule has 0 spiro atoms. The number of sulfonamides is 1. The fourth-order valence-corrected chi connectivity index (χ4v) is 6.66. The van der Waals surface area contributed by atoms with Gasteiger partial charge in [0.05, 0.1) is 18.6 Å². The number of hydrogen-bond acceptors (Lipinski definition) is 7. The van der Waals surface area contributed by atoms with Crippen LogP contribution in [0.2, 0.25) is 0 Å². The van der Waals surface area contributed by atoms with Crippen molar-refractivity contribution in [2.45, 2.75) is 71.4 Å². The van der Waals surface area contributed by atoms with E-state index >= 15 is 0 Å². The van der Waals surface area contributed by atoms with Gasteiger partial charge in [0.25, 0.3) is 0 Å². The number of anilines is 1. The summed E-state index contributed by atoms with van der Waals surface area (Å²) in [5.41, 5.74) is 5.00. The average Bonchev–Trinajstić information content (AvgIpc) is 3.40. The number of rotatable bonds is 11. The molecule has 1 aliphatic rings. The highest BCUT2D eigenvalue weighted by Gasteiger charge is 2.27. The molecule has 1 amide bonds. The molecule has 1 atom stereocenters. The summed E-state index contributed by atoms with van der Waals surface area (Å²) < 4.78 is 31.5. The summed E-state index contributed by atoms with van der Waals surface area (Å²) in [5.74, 6) is 0.646. The third kappa shape index (κ3) is 9.28. The number of nitrogens with zero attached hydrogens (tertiary/aromatic N) is 4. The maximum atomic E-state index is 12.6. The summed E-state index contributed by atoms with van der Waals surface area (Å²) in [7, 11) is 5.45. The highest BCUT2D eigenvalue weighted by Crippen LogP contribution is 2.28. The van der Waals surface area contributed by atoms with E-state index in [1.165, 1.54) is 37.4 Å². The molecule has 0 aromatic heterocycles. The van der Waals surface area contributed by atoms with Crippen molar-refractivity contribution in [3.05, 3.63) is 52.6 Å². The molecule has 1 heterocycles. The van der Waals surface area contributed by atoms with Crippen molar-refractivity contribution in [2.75, 3.05) is 59.8 Å². The molecule has 0 aliphatic carbocycles.